The molecule has 0 saturated carbocycles. The van der Waals surface area contributed by atoms with Crippen molar-refractivity contribution in [3.05, 3.63) is 71.4 Å². The first-order valence-corrected chi connectivity index (χ1v) is 7.75. The van der Waals surface area contributed by atoms with Crippen molar-refractivity contribution in [3.8, 4) is 11.4 Å². The molecule has 0 aliphatic rings. The highest BCUT2D eigenvalue weighted by Crippen LogP contribution is 2.29. The molecule has 3 aromatic rings. The number of rotatable bonds is 3. The molecule has 3 rings (SSSR count). The zero-order valence-electron chi connectivity index (χ0n) is 11.5. The molecule has 4 heteroatoms. The lowest BCUT2D eigenvalue weighted by Gasteiger charge is -2.05. The van der Waals surface area contributed by atoms with E-state index in [-0.39, 0.29) is 0 Å². The van der Waals surface area contributed by atoms with Gasteiger partial charge in [-0.1, -0.05) is 71.4 Å². The van der Waals surface area contributed by atoms with E-state index in [1.54, 1.807) is 17.8 Å². The second-order valence-electron chi connectivity index (χ2n) is 4.63. The summed E-state index contributed by atoms with van der Waals surface area (Å²) in [6.07, 6.45) is 0. The van der Waals surface area contributed by atoms with Gasteiger partial charge in [-0.25, -0.2) is 9.97 Å². The minimum absolute atomic E-state index is 0.457. The molecule has 2 aromatic carbocycles. The maximum absolute atomic E-state index is 6.13. The minimum Gasteiger partial charge on any atom is -0.221 e. The number of benzene rings is 2. The number of aromatic nitrogens is 2. The van der Waals surface area contributed by atoms with Crippen LogP contribution in [0, 0.1) is 6.92 Å². The largest absolute Gasteiger partial charge is 0.221 e. The molecule has 0 aliphatic carbocycles. The monoisotopic (exact) mass is 312 g/mol. The Bertz CT molecular complexity index is 742. The van der Waals surface area contributed by atoms with Crippen molar-refractivity contribution in [3.63, 3.8) is 0 Å². The van der Waals surface area contributed by atoms with Crippen LogP contribution in [0.3, 0.4) is 0 Å². The maximum atomic E-state index is 6.13. The van der Waals surface area contributed by atoms with Crippen molar-refractivity contribution in [2.45, 2.75) is 16.8 Å². The summed E-state index contributed by atoms with van der Waals surface area (Å²) in [7, 11) is 0. The normalized spacial score (nSPS) is 10.6. The predicted octanol–water partition coefficient (Wildman–Crippen LogP) is 5.26. The van der Waals surface area contributed by atoms with Gasteiger partial charge >= 0.3 is 0 Å². The average Bonchev–Trinajstić information content (AvgIpc) is 2.50. The standard InChI is InChI=1S/C17H13ClN2S/c1-12-7-9-14(10-8-12)21-16-11-15(18)19-17(20-16)13-5-3-2-4-6-13/h2-11H,1H3. The molecule has 1 aromatic heterocycles. The van der Waals surface area contributed by atoms with E-state index in [9.17, 15) is 0 Å². The second-order valence-corrected chi connectivity index (χ2v) is 6.11. The Balaban J connectivity index is 1.93. The van der Waals surface area contributed by atoms with Crippen LogP contribution >= 0.6 is 23.4 Å². The molecular weight excluding hydrogens is 300 g/mol. The Hall–Kier alpha value is -1.84. The van der Waals surface area contributed by atoms with Gasteiger partial charge in [0.15, 0.2) is 5.82 Å². The minimum atomic E-state index is 0.457. The topological polar surface area (TPSA) is 25.8 Å². The van der Waals surface area contributed by atoms with Gasteiger partial charge in [0.2, 0.25) is 0 Å². The molecule has 0 amide bonds. The van der Waals surface area contributed by atoms with Crippen LogP contribution in [0.1, 0.15) is 5.56 Å². The highest BCUT2D eigenvalue weighted by atomic mass is 35.5. The molecule has 0 atom stereocenters. The fraction of sp³-hybridized carbons (Fsp3) is 0.0588. The van der Waals surface area contributed by atoms with Gasteiger partial charge in [0.05, 0.1) is 0 Å². The van der Waals surface area contributed by atoms with Crippen LogP contribution in [0.2, 0.25) is 5.15 Å². The van der Waals surface area contributed by atoms with E-state index in [0.29, 0.717) is 11.0 Å². The second kappa shape index (κ2) is 6.29. The van der Waals surface area contributed by atoms with Crippen molar-refractivity contribution < 1.29 is 0 Å². The van der Waals surface area contributed by atoms with Crippen molar-refractivity contribution in [1.29, 1.82) is 0 Å². The Morgan fingerprint density at radius 1 is 0.905 bits per heavy atom. The van der Waals surface area contributed by atoms with Gasteiger partial charge in [0, 0.05) is 16.5 Å². The van der Waals surface area contributed by atoms with Crippen LogP contribution in [0.4, 0.5) is 0 Å². The molecule has 1 heterocycles. The molecule has 104 valence electrons. The fourth-order valence-corrected chi connectivity index (χ4v) is 2.96. The van der Waals surface area contributed by atoms with Crippen molar-refractivity contribution in [1.82, 2.24) is 9.97 Å². The maximum Gasteiger partial charge on any atom is 0.162 e. The third-order valence-corrected chi connectivity index (χ3v) is 4.07. The highest BCUT2D eigenvalue weighted by molar-refractivity contribution is 7.99. The van der Waals surface area contributed by atoms with Gasteiger partial charge in [-0.15, -0.1) is 0 Å². The summed E-state index contributed by atoms with van der Waals surface area (Å²) >= 11 is 7.71. The Morgan fingerprint density at radius 3 is 2.33 bits per heavy atom. The molecular formula is C17H13ClN2S. The van der Waals surface area contributed by atoms with Gasteiger partial charge in [0.25, 0.3) is 0 Å². The molecule has 0 spiro atoms. The Labute approximate surface area is 133 Å². The smallest absolute Gasteiger partial charge is 0.162 e. The third-order valence-electron chi connectivity index (χ3n) is 2.95. The summed E-state index contributed by atoms with van der Waals surface area (Å²) in [5, 5.41) is 1.30. The number of halogens is 1. The first-order chi connectivity index (χ1) is 10.2. The fourth-order valence-electron chi connectivity index (χ4n) is 1.89. The molecule has 0 bridgehead atoms. The van der Waals surface area contributed by atoms with E-state index in [1.165, 1.54) is 5.56 Å². The zero-order chi connectivity index (χ0) is 14.7. The molecule has 0 fully saturated rings. The van der Waals surface area contributed by atoms with Gasteiger partial charge in [-0.2, -0.15) is 0 Å². The summed E-state index contributed by atoms with van der Waals surface area (Å²) in [5.74, 6) is 0.651. The van der Waals surface area contributed by atoms with E-state index < -0.39 is 0 Å². The van der Waals surface area contributed by atoms with E-state index in [4.69, 9.17) is 11.6 Å². The van der Waals surface area contributed by atoms with Crippen molar-refractivity contribution in [2.24, 2.45) is 0 Å². The molecule has 0 radical (unpaired) electrons. The van der Waals surface area contributed by atoms with Gasteiger partial charge in [-0.3, -0.25) is 0 Å². The summed E-state index contributed by atoms with van der Waals surface area (Å²) in [6.45, 7) is 2.07. The van der Waals surface area contributed by atoms with Gasteiger partial charge in [0.1, 0.15) is 10.2 Å². The molecule has 0 aliphatic heterocycles. The molecule has 0 unspecified atom stereocenters. The van der Waals surface area contributed by atoms with Crippen molar-refractivity contribution in [2.75, 3.05) is 0 Å². The quantitative estimate of drug-likeness (QED) is 0.617. The predicted molar refractivity (Wildman–Crippen MR) is 87.8 cm³/mol. The van der Waals surface area contributed by atoms with Crippen LogP contribution in [-0.4, -0.2) is 9.97 Å². The highest BCUT2D eigenvalue weighted by Gasteiger charge is 2.07. The summed E-state index contributed by atoms with van der Waals surface area (Å²) in [5.41, 5.74) is 2.20. The van der Waals surface area contributed by atoms with E-state index in [1.807, 2.05) is 30.3 Å². The van der Waals surface area contributed by atoms with Crippen LogP contribution in [0.5, 0.6) is 0 Å². The lowest BCUT2D eigenvalue weighted by molar-refractivity contribution is 1.06. The lowest BCUT2D eigenvalue weighted by atomic mass is 10.2. The summed E-state index contributed by atoms with van der Waals surface area (Å²) < 4.78 is 0. The van der Waals surface area contributed by atoms with Crippen molar-refractivity contribution >= 4 is 23.4 Å². The average molecular weight is 313 g/mol. The van der Waals surface area contributed by atoms with Crippen LogP contribution in [0.15, 0.2) is 70.6 Å². The Kier molecular flexibility index (Phi) is 4.23. The molecule has 2 nitrogen and oxygen atoms in total. The van der Waals surface area contributed by atoms with Gasteiger partial charge < -0.3 is 0 Å². The SMILES string of the molecule is Cc1ccc(Sc2cc(Cl)nc(-c3ccccc3)n2)cc1. The molecule has 21 heavy (non-hydrogen) atoms. The van der Waals surface area contributed by atoms with Gasteiger partial charge in [-0.05, 0) is 19.1 Å². The summed E-state index contributed by atoms with van der Waals surface area (Å²) in [4.78, 5) is 10.0. The Morgan fingerprint density at radius 2 is 1.62 bits per heavy atom. The lowest BCUT2D eigenvalue weighted by Crippen LogP contribution is -1.91. The first kappa shape index (κ1) is 14.1. The van der Waals surface area contributed by atoms with Crippen LogP contribution in [-0.2, 0) is 0 Å². The van der Waals surface area contributed by atoms with E-state index in [2.05, 4.69) is 41.2 Å². The molecule has 0 saturated heterocycles. The number of hydrogen-bond acceptors (Lipinski definition) is 3. The number of nitrogens with zero attached hydrogens (tertiary/aromatic N) is 2. The number of hydrogen-bond donors (Lipinski definition) is 0. The van der Waals surface area contributed by atoms with E-state index >= 15 is 0 Å². The van der Waals surface area contributed by atoms with E-state index in [0.717, 1.165) is 15.5 Å². The zero-order valence-corrected chi connectivity index (χ0v) is 13.0. The van der Waals surface area contributed by atoms with Crippen LogP contribution in [0.25, 0.3) is 11.4 Å². The number of aryl methyl sites for hydroxylation is 1. The third kappa shape index (κ3) is 3.63. The molecule has 0 N–H and O–H groups in total. The summed E-state index contributed by atoms with van der Waals surface area (Å²) in [6, 6.07) is 20.0. The first-order valence-electron chi connectivity index (χ1n) is 6.55. The van der Waals surface area contributed by atoms with Crippen LogP contribution < -0.4 is 0 Å².